The van der Waals surface area contributed by atoms with Crippen LogP contribution in [0.4, 0.5) is 0 Å². The van der Waals surface area contributed by atoms with Crippen LogP contribution in [0.5, 0.6) is 0 Å². The fourth-order valence-electron chi connectivity index (χ4n) is 1.76. The first-order valence-electron chi connectivity index (χ1n) is 5.74. The van der Waals surface area contributed by atoms with E-state index in [0.29, 0.717) is 11.0 Å². The highest BCUT2D eigenvalue weighted by atomic mass is 16.1. The van der Waals surface area contributed by atoms with Gasteiger partial charge in [-0.15, -0.1) is 0 Å². The lowest BCUT2D eigenvalue weighted by Crippen LogP contribution is -2.16. The van der Waals surface area contributed by atoms with E-state index >= 15 is 0 Å². The zero-order valence-corrected chi connectivity index (χ0v) is 10.3. The number of hydrogen-bond acceptors (Lipinski definition) is 4. The second-order valence-corrected chi connectivity index (χ2v) is 4.09. The largest absolute Gasteiger partial charge is 0.285 e. The molecule has 3 aromatic rings. The second-order valence-electron chi connectivity index (χ2n) is 4.09. The standard InChI is InChI=1S/C13H11N5O/c1-17-8-11-12(16-17)14-9-18(13(11)19)15-7-10-5-3-2-4-6-10/h2-9H,1H3/b15-7+. The smallest absolute Gasteiger partial charge is 0.273 e. The summed E-state index contributed by atoms with van der Waals surface area (Å²) in [6, 6.07) is 9.56. The van der Waals surface area contributed by atoms with Gasteiger partial charge in [0, 0.05) is 13.2 Å². The average molecular weight is 253 g/mol. The number of aryl methyl sites for hydroxylation is 1. The molecule has 0 N–H and O–H groups in total. The second kappa shape index (κ2) is 4.49. The van der Waals surface area contributed by atoms with Gasteiger partial charge in [-0.1, -0.05) is 30.3 Å². The molecule has 6 nitrogen and oxygen atoms in total. The van der Waals surface area contributed by atoms with Crippen molar-refractivity contribution in [2.45, 2.75) is 0 Å². The zero-order valence-electron chi connectivity index (χ0n) is 10.3. The van der Waals surface area contributed by atoms with Crippen molar-refractivity contribution in [3.05, 3.63) is 58.8 Å². The zero-order chi connectivity index (χ0) is 13.2. The van der Waals surface area contributed by atoms with Crippen molar-refractivity contribution in [3.8, 4) is 0 Å². The summed E-state index contributed by atoms with van der Waals surface area (Å²) in [5, 5.41) is 8.64. The van der Waals surface area contributed by atoms with Gasteiger partial charge in [0.25, 0.3) is 5.56 Å². The van der Waals surface area contributed by atoms with Crippen molar-refractivity contribution in [2.75, 3.05) is 0 Å². The van der Waals surface area contributed by atoms with Crippen LogP contribution in [0, 0.1) is 0 Å². The highest BCUT2D eigenvalue weighted by Crippen LogP contribution is 2.01. The average Bonchev–Trinajstić information content (AvgIpc) is 2.81. The maximum Gasteiger partial charge on any atom is 0.285 e. The van der Waals surface area contributed by atoms with Crippen molar-refractivity contribution < 1.29 is 0 Å². The third-order valence-corrected chi connectivity index (χ3v) is 2.67. The molecule has 0 saturated heterocycles. The van der Waals surface area contributed by atoms with Crippen LogP contribution in [-0.4, -0.2) is 25.7 Å². The highest BCUT2D eigenvalue weighted by Gasteiger charge is 2.06. The summed E-state index contributed by atoms with van der Waals surface area (Å²) in [6.45, 7) is 0. The van der Waals surface area contributed by atoms with Gasteiger partial charge < -0.3 is 0 Å². The molecule has 94 valence electrons. The number of fused-ring (bicyclic) bond motifs is 1. The molecule has 0 aliphatic carbocycles. The summed E-state index contributed by atoms with van der Waals surface area (Å²) >= 11 is 0. The molecule has 0 aliphatic heterocycles. The van der Waals surface area contributed by atoms with Gasteiger partial charge in [0.1, 0.15) is 11.7 Å². The molecule has 2 aromatic heterocycles. The monoisotopic (exact) mass is 253 g/mol. The van der Waals surface area contributed by atoms with E-state index in [0.717, 1.165) is 5.56 Å². The maximum atomic E-state index is 12.1. The van der Waals surface area contributed by atoms with E-state index in [1.54, 1.807) is 24.1 Å². The van der Waals surface area contributed by atoms with Gasteiger partial charge in [-0.25, -0.2) is 4.98 Å². The van der Waals surface area contributed by atoms with E-state index in [9.17, 15) is 4.79 Å². The van der Waals surface area contributed by atoms with Gasteiger partial charge in [-0.3, -0.25) is 9.48 Å². The molecule has 2 heterocycles. The van der Waals surface area contributed by atoms with Crippen LogP contribution in [0.15, 0.2) is 52.8 Å². The number of nitrogens with zero attached hydrogens (tertiary/aromatic N) is 5. The van der Waals surface area contributed by atoms with Crippen LogP contribution in [0.25, 0.3) is 11.0 Å². The van der Waals surface area contributed by atoms with E-state index in [-0.39, 0.29) is 5.56 Å². The summed E-state index contributed by atoms with van der Waals surface area (Å²) in [6.07, 6.45) is 4.63. The number of aromatic nitrogens is 4. The molecule has 0 fully saturated rings. The lowest BCUT2D eigenvalue weighted by Gasteiger charge is -1.96. The third kappa shape index (κ3) is 2.15. The molecule has 1 aromatic carbocycles. The highest BCUT2D eigenvalue weighted by molar-refractivity contribution is 5.79. The Labute approximate surface area is 108 Å². The number of benzene rings is 1. The maximum absolute atomic E-state index is 12.1. The van der Waals surface area contributed by atoms with Gasteiger partial charge in [-0.2, -0.15) is 14.9 Å². The Morgan fingerprint density at radius 1 is 1.26 bits per heavy atom. The summed E-state index contributed by atoms with van der Waals surface area (Å²) in [4.78, 5) is 16.2. The molecular weight excluding hydrogens is 242 g/mol. The van der Waals surface area contributed by atoms with Crippen molar-refractivity contribution in [3.63, 3.8) is 0 Å². The summed E-state index contributed by atoms with van der Waals surface area (Å²) < 4.78 is 2.77. The minimum absolute atomic E-state index is 0.231. The van der Waals surface area contributed by atoms with Gasteiger partial charge >= 0.3 is 0 Å². The quantitative estimate of drug-likeness (QED) is 0.640. The Morgan fingerprint density at radius 2 is 2.05 bits per heavy atom. The molecular formula is C13H11N5O. The van der Waals surface area contributed by atoms with Crippen LogP contribution in [-0.2, 0) is 7.05 Å². The Kier molecular flexibility index (Phi) is 2.68. The first kappa shape index (κ1) is 11.3. The molecule has 0 bridgehead atoms. The first-order chi connectivity index (χ1) is 9.24. The van der Waals surface area contributed by atoms with Crippen molar-refractivity contribution in [1.82, 2.24) is 19.4 Å². The molecule has 19 heavy (non-hydrogen) atoms. The van der Waals surface area contributed by atoms with Crippen LogP contribution in [0.1, 0.15) is 5.56 Å². The van der Waals surface area contributed by atoms with Crippen LogP contribution in [0.2, 0.25) is 0 Å². The molecule has 0 radical (unpaired) electrons. The Hall–Kier alpha value is -2.76. The van der Waals surface area contributed by atoms with E-state index in [4.69, 9.17) is 0 Å². The van der Waals surface area contributed by atoms with E-state index in [1.807, 2.05) is 30.3 Å². The minimum atomic E-state index is -0.231. The van der Waals surface area contributed by atoms with Gasteiger partial charge in [0.05, 0.1) is 6.21 Å². The van der Waals surface area contributed by atoms with E-state index in [1.165, 1.54) is 11.0 Å². The number of hydrogen-bond donors (Lipinski definition) is 0. The molecule has 6 heteroatoms. The molecule has 0 amide bonds. The summed E-state index contributed by atoms with van der Waals surface area (Å²) in [7, 11) is 1.75. The molecule has 3 rings (SSSR count). The molecule has 0 atom stereocenters. The predicted molar refractivity (Wildman–Crippen MR) is 72.2 cm³/mol. The van der Waals surface area contributed by atoms with Gasteiger partial charge in [0.2, 0.25) is 0 Å². The third-order valence-electron chi connectivity index (χ3n) is 2.67. The van der Waals surface area contributed by atoms with Crippen molar-refractivity contribution >= 4 is 17.2 Å². The van der Waals surface area contributed by atoms with Gasteiger partial charge in [-0.05, 0) is 5.56 Å². The Balaban J connectivity index is 2.04. The fraction of sp³-hybridized carbons (Fsp3) is 0.0769. The predicted octanol–water partition coefficient (Wildman–Crippen LogP) is 1.01. The van der Waals surface area contributed by atoms with E-state index < -0.39 is 0 Å². The normalized spacial score (nSPS) is 11.4. The van der Waals surface area contributed by atoms with Crippen molar-refractivity contribution in [1.29, 1.82) is 0 Å². The SMILES string of the molecule is Cn1cc2c(=O)n(/N=C/c3ccccc3)cnc2n1. The van der Waals surface area contributed by atoms with Gasteiger partial charge in [0.15, 0.2) is 5.65 Å². The first-order valence-corrected chi connectivity index (χ1v) is 5.74. The molecule has 0 aliphatic rings. The van der Waals surface area contributed by atoms with Crippen LogP contribution < -0.4 is 5.56 Å². The lowest BCUT2D eigenvalue weighted by atomic mass is 10.2. The van der Waals surface area contributed by atoms with Crippen LogP contribution in [0.3, 0.4) is 0 Å². The fourth-order valence-corrected chi connectivity index (χ4v) is 1.76. The Morgan fingerprint density at radius 3 is 2.84 bits per heavy atom. The number of rotatable bonds is 2. The summed E-state index contributed by atoms with van der Waals surface area (Å²) in [5.41, 5.74) is 1.12. The Bertz CT molecular complexity index is 801. The topological polar surface area (TPSA) is 65.1 Å². The molecule has 0 unspecified atom stereocenters. The van der Waals surface area contributed by atoms with E-state index in [2.05, 4.69) is 15.2 Å². The van der Waals surface area contributed by atoms with Crippen molar-refractivity contribution in [2.24, 2.45) is 12.1 Å². The lowest BCUT2D eigenvalue weighted by molar-refractivity contribution is 0.774. The van der Waals surface area contributed by atoms with Crippen LogP contribution >= 0.6 is 0 Å². The minimum Gasteiger partial charge on any atom is -0.273 e. The molecule has 0 spiro atoms. The molecule has 0 saturated carbocycles. The summed E-state index contributed by atoms with van der Waals surface area (Å²) in [5.74, 6) is 0.